The fourth-order valence-corrected chi connectivity index (χ4v) is 3.00. The van der Waals surface area contributed by atoms with E-state index in [1.807, 2.05) is 36.4 Å². The molecule has 21 heavy (non-hydrogen) atoms. The number of hydrogen-bond donors (Lipinski definition) is 1. The first-order valence-electron chi connectivity index (χ1n) is 6.85. The van der Waals surface area contributed by atoms with E-state index in [9.17, 15) is 9.59 Å². The van der Waals surface area contributed by atoms with Gasteiger partial charge in [0.1, 0.15) is 5.75 Å². The van der Waals surface area contributed by atoms with E-state index in [0.29, 0.717) is 5.75 Å². The number of benzene rings is 2. The molecule has 1 saturated carbocycles. The number of esters is 1. The van der Waals surface area contributed by atoms with E-state index in [1.165, 1.54) is 0 Å². The molecule has 4 heteroatoms. The minimum Gasteiger partial charge on any atom is -0.481 e. The highest BCUT2D eigenvalue weighted by Crippen LogP contribution is 2.58. The van der Waals surface area contributed by atoms with E-state index in [-0.39, 0.29) is 0 Å². The lowest BCUT2D eigenvalue weighted by molar-refractivity contribution is -0.143. The maximum Gasteiger partial charge on any atom is 0.315 e. The molecule has 0 amide bonds. The number of carbonyl (C=O) groups excluding carboxylic acids is 1. The average molecular weight is 284 g/mol. The molecule has 0 radical (unpaired) electrons. The lowest BCUT2D eigenvalue weighted by Crippen LogP contribution is -2.15. The van der Waals surface area contributed by atoms with Gasteiger partial charge in [0.25, 0.3) is 0 Å². The van der Waals surface area contributed by atoms with Crippen molar-refractivity contribution in [3.63, 3.8) is 0 Å². The molecule has 3 rings (SSSR count). The first-order chi connectivity index (χ1) is 9.93. The Kier molecular flexibility index (Phi) is 2.97. The number of fused-ring (bicyclic) bond motifs is 1. The van der Waals surface area contributed by atoms with Crippen molar-refractivity contribution in [2.45, 2.75) is 13.8 Å². The van der Waals surface area contributed by atoms with Crippen molar-refractivity contribution < 1.29 is 19.4 Å². The molecule has 0 heterocycles. The minimum absolute atomic E-state index is 0.469. The molecule has 0 bridgehead atoms. The van der Waals surface area contributed by atoms with Crippen LogP contribution in [0, 0.1) is 17.3 Å². The second-order valence-electron chi connectivity index (χ2n) is 6.01. The largest absolute Gasteiger partial charge is 0.481 e. The van der Waals surface area contributed by atoms with Crippen molar-refractivity contribution in [3.8, 4) is 5.75 Å². The number of carboxylic acid groups (broad SMARTS) is 1. The van der Waals surface area contributed by atoms with Gasteiger partial charge < -0.3 is 9.84 Å². The molecule has 0 saturated heterocycles. The molecular formula is C17H16O4. The van der Waals surface area contributed by atoms with Crippen LogP contribution in [0.1, 0.15) is 13.8 Å². The predicted octanol–water partition coefficient (Wildman–Crippen LogP) is 3.10. The third-order valence-corrected chi connectivity index (χ3v) is 4.31. The van der Waals surface area contributed by atoms with Gasteiger partial charge in [0.15, 0.2) is 0 Å². The van der Waals surface area contributed by atoms with Crippen LogP contribution in [0.3, 0.4) is 0 Å². The quantitative estimate of drug-likeness (QED) is 0.695. The van der Waals surface area contributed by atoms with Crippen LogP contribution in [0.5, 0.6) is 5.75 Å². The maximum absolute atomic E-state index is 12.3. The van der Waals surface area contributed by atoms with Crippen molar-refractivity contribution in [2.24, 2.45) is 17.3 Å². The number of carboxylic acids is 1. The number of aliphatic carboxylic acids is 1. The summed E-state index contributed by atoms with van der Waals surface area (Å²) in [5.41, 5.74) is -0.548. The van der Waals surface area contributed by atoms with Crippen LogP contribution in [0.15, 0.2) is 42.5 Å². The summed E-state index contributed by atoms with van der Waals surface area (Å²) >= 11 is 0. The smallest absolute Gasteiger partial charge is 0.315 e. The molecule has 1 aliphatic carbocycles. The van der Waals surface area contributed by atoms with Gasteiger partial charge in [-0.3, -0.25) is 9.59 Å². The Morgan fingerprint density at radius 1 is 1.05 bits per heavy atom. The maximum atomic E-state index is 12.3. The highest BCUT2D eigenvalue weighted by Gasteiger charge is 2.67. The van der Waals surface area contributed by atoms with Crippen molar-refractivity contribution in [1.29, 1.82) is 0 Å². The van der Waals surface area contributed by atoms with Gasteiger partial charge >= 0.3 is 11.9 Å². The van der Waals surface area contributed by atoms with Crippen molar-refractivity contribution >= 4 is 22.7 Å². The van der Waals surface area contributed by atoms with E-state index in [2.05, 4.69) is 0 Å². The minimum atomic E-state index is -0.945. The summed E-state index contributed by atoms with van der Waals surface area (Å²) in [5, 5.41) is 11.0. The normalized spacial score (nSPS) is 22.8. The fourth-order valence-electron chi connectivity index (χ4n) is 3.00. The fraction of sp³-hybridized carbons (Fsp3) is 0.294. The van der Waals surface area contributed by atoms with Gasteiger partial charge in [0, 0.05) is 5.39 Å². The van der Waals surface area contributed by atoms with E-state index < -0.39 is 29.2 Å². The van der Waals surface area contributed by atoms with Crippen LogP contribution in [0.2, 0.25) is 0 Å². The average Bonchev–Trinajstić information content (AvgIpc) is 3.02. The number of hydrogen-bond acceptors (Lipinski definition) is 3. The predicted molar refractivity (Wildman–Crippen MR) is 78.0 cm³/mol. The summed E-state index contributed by atoms with van der Waals surface area (Å²) in [5.74, 6) is -2.19. The highest BCUT2D eigenvalue weighted by molar-refractivity contribution is 5.93. The molecule has 0 aromatic heterocycles. The zero-order valence-electron chi connectivity index (χ0n) is 11.9. The SMILES string of the molecule is CC1(C)C(C(=O)O)C1C(=O)Oc1cccc2ccccc12. The first kappa shape index (κ1) is 13.6. The van der Waals surface area contributed by atoms with Crippen molar-refractivity contribution in [3.05, 3.63) is 42.5 Å². The first-order valence-corrected chi connectivity index (χ1v) is 6.85. The summed E-state index contributed by atoms with van der Waals surface area (Å²) in [6.07, 6.45) is 0. The molecule has 2 unspecified atom stereocenters. The zero-order valence-corrected chi connectivity index (χ0v) is 11.9. The molecular weight excluding hydrogens is 268 g/mol. The van der Waals surface area contributed by atoms with Gasteiger partial charge in [-0.25, -0.2) is 0 Å². The van der Waals surface area contributed by atoms with Crippen LogP contribution in [0.25, 0.3) is 10.8 Å². The zero-order chi connectivity index (χ0) is 15.2. The molecule has 0 aliphatic heterocycles. The third kappa shape index (κ3) is 2.17. The second kappa shape index (κ2) is 4.58. The molecule has 1 aliphatic rings. The summed E-state index contributed by atoms with van der Waals surface area (Å²) in [6.45, 7) is 3.56. The van der Waals surface area contributed by atoms with Gasteiger partial charge in [0.2, 0.25) is 0 Å². The van der Waals surface area contributed by atoms with Gasteiger partial charge in [-0.05, 0) is 16.9 Å². The molecule has 108 valence electrons. The Morgan fingerprint density at radius 3 is 2.38 bits per heavy atom. The Morgan fingerprint density at radius 2 is 1.71 bits per heavy atom. The summed E-state index contributed by atoms with van der Waals surface area (Å²) < 4.78 is 5.47. The summed E-state index contributed by atoms with van der Waals surface area (Å²) in [7, 11) is 0. The van der Waals surface area contributed by atoms with Crippen LogP contribution in [-0.2, 0) is 9.59 Å². The monoisotopic (exact) mass is 284 g/mol. The molecule has 4 nitrogen and oxygen atoms in total. The Labute approximate surface area is 122 Å². The summed E-state index contributed by atoms with van der Waals surface area (Å²) in [6, 6.07) is 13.1. The standard InChI is InChI=1S/C17H16O4/c1-17(2)13(15(18)19)14(17)16(20)21-12-9-5-7-10-6-3-4-8-11(10)12/h3-9,13-14H,1-2H3,(H,18,19). The van der Waals surface area contributed by atoms with E-state index in [0.717, 1.165) is 10.8 Å². The molecule has 1 N–H and O–H groups in total. The van der Waals surface area contributed by atoms with Crippen LogP contribution in [-0.4, -0.2) is 17.0 Å². The van der Waals surface area contributed by atoms with Gasteiger partial charge in [-0.15, -0.1) is 0 Å². The van der Waals surface area contributed by atoms with Gasteiger partial charge in [0.05, 0.1) is 11.8 Å². The van der Waals surface area contributed by atoms with Crippen molar-refractivity contribution in [1.82, 2.24) is 0 Å². The van der Waals surface area contributed by atoms with E-state index >= 15 is 0 Å². The van der Waals surface area contributed by atoms with E-state index in [4.69, 9.17) is 9.84 Å². The molecule has 0 spiro atoms. The Hall–Kier alpha value is -2.36. The van der Waals surface area contributed by atoms with Crippen LogP contribution >= 0.6 is 0 Å². The Balaban J connectivity index is 1.87. The molecule has 1 fully saturated rings. The highest BCUT2D eigenvalue weighted by atomic mass is 16.5. The molecule has 2 aromatic carbocycles. The number of ether oxygens (including phenoxy) is 1. The van der Waals surface area contributed by atoms with E-state index in [1.54, 1.807) is 19.9 Å². The summed E-state index contributed by atoms with van der Waals surface area (Å²) in [4.78, 5) is 23.4. The number of rotatable bonds is 3. The van der Waals surface area contributed by atoms with Crippen LogP contribution in [0.4, 0.5) is 0 Å². The Bertz CT molecular complexity index is 727. The molecule has 2 atom stereocenters. The lowest BCUT2D eigenvalue weighted by Gasteiger charge is -2.08. The lowest BCUT2D eigenvalue weighted by atomic mass is 10.1. The topological polar surface area (TPSA) is 63.6 Å². The van der Waals surface area contributed by atoms with Crippen molar-refractivity contribution in [2.75, 3.05) is 0 Å². The molecule has 2 aromatic rings. The van der Waals surface area contributed by atoms with Gasteiger partial charge in [-0.1, -0.05) is 50.2 Å². The van der Waals surface area contributed by atoms with Gasteiger partial charge in [-0.2, -0.15) is 0 Å². The number of carbonyl (C=O) groups is 2. The third-order valence-electron chi connectivity index (χ3n) is 4.31. The second-order valence-corrected chi connectivity index (χ2v) is 6.01. The van der Waals surface area contributed by atoms with Crippen LogP contribution < -0.4 is 4.74 Å².